The Morgan fingerprint density at radius 2 is 2.36 bits per heavy atom. The van der Waals surface area contributed by atoms with Gasteiger partial charge in [0.15, 0.2) is 0 Å². The number of sulfonamides is 1. The van der Waals surface area contributed by atoms with Crippen molar-refractivity contribution in [2.75, 3.05) is 0 Å². The van der Waals surface area contributed by atoms with E-state index in [0.29, 0.717) is 6.21 Å². The minimum Gasteiger partial charge on any atom is -0.477 e. The van der Waals surface area contributed by atoms with Crippen molar-refractivity contribution < 1.29 is 18.3 Å². The molecule has 8 heteroatoms. The van der Waals surface area contributed by atoms with Crippen LogP contribution in [0, 0.1) is 0 Å². The van der Waals surface area contributed by atoms with Crippen molar-refractivity contribution in [3.05, 3.63) is 17.5 Å². The first-order valence-electron chi connectivity index (χ1n) is 3.33. The van der Waals surface area contributed by atoms with Crippen LogP contribution in [0.5, 0.6) is 0 Å². The molecule has 0 radical (unpaired) electrons. The highest BCUT2D eigenvalue weighted by Gasteiger charge is 2.12. The van der Waals surface area contributed by atoms with Gasteiger partial charge in [-0.2, -0.15) is 18.4 Å². The topological polar surface area (TPSA) is 95.8 Å². The molecule has 0 aliphatic heterocycles. The zero-order valence-corrected chi connectivity index (χ0v) is 8.38. The van der Waals surface area contributed by atoms with Gasteiger partial charge in [-0.3, -0.25) is 0 Å². The Kier molecular flexibility index (Phi) is 3.20. The van der Waals surface area contributed by atoms with Crippen LogP contribution >= 0.6 is 11.3 Å². The van der Waals surface area contributed by atoms with Crippen molar-refractivity contribution in [2.45, 2.75) is 4.21 Å². The number of nitrogens with one attached hydrogen (secondary N) is 1. The molecule has 0 aromatic carbocycles. The average Bonchev–Trinajstić information content (AvgIpc) is 2.54. The summed E-state index contributed by atoms with van der Waals surface area (Å²) < 4.78 is 22.6. The normalized spacial score (nSPS) is 11.7. The molecule has 0 bridgehead atoms. The second kappa shape index (κ2) is 4.20. The van der Waals surface area contributed by atoms with Gasteiger partial charge in [-0.1, -0.05) is 6.07 Å². The van der Waals surface area contributed by atoms with E-state index < -0.39 is 16.0 Å². The largest absolute Gasteiger partial charge is 0.477 e. The van der Waals surface area contributed by atoms with Crippen molar-refractivity contribution in [1.82, 2.24) is 4.83 Å². The monoisotopic (exact) mass is 234 g/mol. The number of nitrogens with zero attached hydrogens (tertiary/aromatic N) is 1. The summed E-state index contributed by atoms with van der Waals surface area (Å²) in [5.74, 6) is -1.32. The van der Waals surface area contributed by atoms with Gasteiger partial charge >= 0.3 is 5.97 Å². The Morgan fingerprint density at radius 3 is 2.86 bits per heavy atom. The van der Waals surface area contributed by atoms with E-state index in [1.807, 2.05) is 0 Å². The summed E-state index contributed by atoms with van der Waals surface area (Å²) >= 11 is 1.02. The molecule has 76 valence electrons. The molecule has 14 heavy (non-hydrogen) atoms. The Hall–Kier alpha value is -1.41. The number of rotatable bonds is 4. The van der Waals surface area contributed by atoms with Crippen LogP contribution in [0.4, 0.5) is 0 Å². The van der Waals surface area contributed by atoms with E-state index in [2.05, 4.69) is 5.10 Å². The molecular formula is C6H6N2O4S2. The third kappa shape index (κ3) is 2.82. The number of hydrogen-bond donors (Lipinski definition) is 2. The average molecular weight is 234 g/mol. The predicted octanol–water partition coefficient (Wildman–Crippen LogP) is 0.0968. The molecule has 0 saturated carbocycles. The second-order valence-corrected chi connectivity index (χ2v) is 4.96. The molecule has 0 saturated heterocycles. The number of carboxylic acids is 1. The van der Waals surface area contributed by atoms with Crippen molar-refractivity contribution >= 4 is 33.5 Å². The SMILES string of the molecule is O=C(O)C=NNS(=O)(=O)c1cccs1. The van der Waals surface area contributed by atoms with Gasteiger partial charge in [0.1, 0.15) is 10.4 Å². The van der Waals surface area contributed by atoms with Gasteiger partial charge in [-0.15, -0.1) is 11.3 Å². The molecule has 1 aromatic heterocycles. The summed E-state index contributed by atoms with van der Waals surface area (Å²) in [7, 11) is -3.71. The van der Waals surface area contributed by atoms with Gasteiger partial charge in [0, 0.05) is 0 Å². The fraction of sp³-hybridized carbons (Fsp3) is 0. The van der Waals surface area contributed by atoms with E-state index in [9.17, 15) is 13.2 Å². The number of hydrazone groups is 1. The minimum atomic E-state index is -3.71. The molecule has 0 unspecified atom stereocenters. The zero-order chi connectivity index (χ0) is 10.6. The summed E-state index contributed by atoms with van der Waals surface area (Å²) in [5.41, 5.74) is 0. The number of carboxylic acid groups (broad SMARTS) is 1. The number of hydrogen-bond acceptors (Lipinski definition) is 5. The number of carbonyl (C=O) groups is 1. The fourth-order valence-electron chi connectivity index (χ4n) is 0.612. The molecule has 0 fully saturated rings. The maximum atomic E-state index is 11.3. The summed E-state index contributed by atoms with van der Waals surface area (Å²) in [6, 6.07) is 2.96. The molecule has 0 spiro atoms. The van der Waals surface area contributed by atoms with Gasteiger partial charge < -0.3 is 5.11 Å². The Bertz CT molecular complexity index is 434. The van der Waals surface area contributed by atoms with E-state index in [1.54, 1.807) is 16.3 Å². The molecule has 0 aliphatic carbocycles. The second-order valence-electron chi connectivity index (χ2n) is 2.12. The first-order valence-corrected chi connectivity index (χ1v) is 5.70. The van der Waals surface area contributed by atoms with Crippen molar-refractivity contribution in [1.29, 1.82) is 0 Å². The van der Waals surface area contributed by atoms with Crippen molar-refractivity contribution in [2.24, 2.45) is 5.10 Å². The van der Waals surface area contributed by atoms with E-state index in [1.165, 1.54) is 6.07 Å². The zero-order valence-electron chi connectivity index (χ0n) is 6.75. The van der Waals surface area contributed by atoms with Crippen LogP contribution in [-0.2, 0) is 14.8 Å². The maximum absolute atomic E-state index is 11.3. The lowest BCUT2D eigenvalue weighted by Crippen LogP contribution is -2.18. The first kappa shape index (κ1) is 10.7. The van der Waals surface area contributed by atoms with Gasteiger partial charge in [0.2, 0.25) is 0 Å². The molecule has 0 atom stereocenters. The lowest BCUT2D eigenvalue weighted by atomic mass is 10.7. The molecule has 1 heterocycles. The van der Waals surface area contributed by atoms with Crippen LogP contribution in [-0.4, -0.2) is 25.7 Å². The maximum Gasteiger partial charge on any atom is 0.348 e. The highest BCUT2D eigenvalue weighted by atomic mass is 32.2. The highest BCUT2D eigenvalue weighted by Crippen LogP contribution is 2.14. The van der Waals surface area contributed by atoms with E-state index >= 15 is 0 Å². The van der Waals surface area contributed by atoms with Crippen LogP contribution < -0.4 is 4.83 Å². The summed E-state index contributed by atoms with van der Waals surface area (Å²) in [5, 5.41) is 12.8. The lowest BCUT2D eigenvalue weighted by Gasteiger charge is -1.97. The smallest absolute Gasteiger partial charge is 0.348 e. The molecule has 1 aromatic rings. The quantitative estimate of drug-likeness (QED) is 0.570. The third-order valence-corrected chi connectivity index (χ3v) is 3.73. The van der Waals surface area contributed by atoms with Crippen molar-refractivity contribution in [3.63, 3.8) is 0 Å². The van der Waals surface area contributed by atoms with Gasteiger partial charge in [-0.05, 0) is 11.4 Å². The molecule has 0 amide bonds. The molecule has 6 nitrogen and oxygen atoms in total. The van der Waals surface area contributed by atoms with E-state index in [0.717, 1.165) is 11.3 Å². The minimum absolute atomic E-state index is 0.0834. The number of thiophene rings is 1. The summed E-state index contributed by atoms with van der Waals surface area (Å²) in [4.78, 5) is 11.8. The van der Waals surface area contributed by atoms with E-state index in [-0.39, 0.29) is 4.21 Å². The standard InChI is InChI=1S/C6H6N2O4S2/c9-5(10)4-7-8-14(11,12)6-2-1-3-13-6/h1-4,8H,(H,9,10). The summed E-state index contributed by atoms with van der Waals surface area (Å²) in [6.07, 6.45) is 0.463. The first-order chi connectivity index (χ1) is 6.52. The number of aliphatic carboxylic acids is 1. The molecular weight excluding hydrogens is 228 g/mol. The van der Waals surface area contributed by atoms with Crippen LogP contribution in [0.15, 0.2) is 26.8 Å². The third-order valence-electron chi connectivity index (χ3n) is 1.11. The van der Waals surface area contributed by atoms with Crippen molar-refractivity contribution in [3.8, 4) is 0 Å². The fourth-order valence-corrected chi connectivity index (χ4v) is 2.39. The Balaban J connectivity index is 2.74. The van der Waals surface area contributed by atoms with E-state index in [4.69, 9.17) is 5.11 Å². The van der Waals surface area contributed by atoms with Crippen LogP contribution in [0.25, 0.3) is 0 Å². The lowest BCUT2D eigenvalue weighted by molar-refractivity contribution is -0.128. The predicted molar refractivity (Wildman–Crippen MR) is 50.8 cm³/mol. The van der Waals surface area contributed by atoms with Gasteiger partial charge in [0.25, 0.3) is 10.0 Å². The Morgan fingerprint density at radius 1 is 1.64 bits per heavy atom. The summed E-state index contributed by atoms with van der Waals surface area (Å²) in [6.45, 7) is 0. The molecule has 1 rings (SSSR count). The van der Waals surface area contributed by atoms with Crippen LogP contribution in [0.3, 0.4) is 0 Å². The Labute approximate surface area is 83.9 Å². The van der Waals surface area contributed by atoms with Crippen LogP contribution in [0.1, 0.15) is 0 Å². The van der Waals surface area contributed by atoms with Gasteiger partial charge in [0.05, 0.1) is 0 Å². The molecule has 2 N–H and O–H groups in total. The molecule has 0 aliphatic rings. The van der Waals surface area contributed by atoms with Gasteiger partial charge in [-0.25, -0.2) is 4.79 Å². The van der Waals surface area contributed by atoms with Crippen LogP contribution in [0.2, 0.25) is 0 Å². The highest BCUT2D eigenvalue weighted by molar-refractivity contribution is 7.91.